The number of halogens is 1. The molecule has 3 aliphatic rings. The SMILES string of the molecule is C[C@@H]1CN(c2ccc(NC(=O)N3CCC(C4OCCO4)CC3)cc2F)C[C@H](C)O1. The number of nitrogens with zero attached hydrogens (tertiary/aromatic N) is 2. The molecule has 7 nitrogen and oxygen atoms in total. The minimum atomic E-state index is -0.335. The maximum Gasteiger partial charge on any atom is 0.321 e. The van der Waals surface area contributed by atoms with Crippen LogP contribution in [-0.4, -0.2) is 68.8 Å². The number of ether oxygens (including phenoxy) is 3. The number of hydrogen-bond acceptors (Lipinski definition) is 5. The first-order valence-electron chi connectivity index (χ1n) is 10.5. The summed E-state index contributed by atoms with van der Waals surface area (Å²) in [5.74, 6) is -0.00470. The summed E-state index contributed by atoms with van der Waals surface area (Å²) in [6.07, 6.45) is 1.67. The third-order valence-corrected chi connectivity index (χ3v) is 5.82. The van der Waals surface area contributed by atoms with Gasteiger partial charge in [-0.1, -0.05) is 0 Å². The van der Waals surface area contributed by atoms with Gasteiger partial charge in [0, 0.05) is 37.8 Å². The smallest absolute Gasteiger partial charge is 0.321 e. The summed E-state index contributed by atoms with van der Waals surface area (Å²) >= 11 is 0. The lowest BCUT2D eigenvalue weighted by Crippen LogP contribution is -2.45. The molecule has 0 bridgehead atoms. The molecule has 8 heteroatoms. The molecular weight excluding hydrogens is 377 g/mol. The highest BCUT2D eigenvalue weighted by Gasteiger charge is 2.32. The number of nitrogens with one attached hydrogen (secondary N) is 1. The minimum Gasteiger partial charge on any atom is -0.372 e. The van der Waals surface area contributed by atoms with Gasteiger partial charge in [0.25, 0.3) is 0 Å². The van der Waals surface area contributed by atoms with Crippen molar-refractivity contribution < 1.29 is 23.4 Å². The molecule has 3 fully saturated rings. The Hall–Kier alpha value is -1.90. The van der Waals surface area contributed by atoms with Crippen molar-refractivity contribution >= 4 is 17.4 Å². The molecule has 0 spiro atoms. The van der Waals surface area contributed by atoms with E-state index in [9.17, 15) is 9.18 Å². The first-order valence-corrected chi connectivity index (χ1v) is 10.5. The number of carbonyl (C=O) groups excluding carboxylic acids is 1. The van der Waals surface area contributed by atoms with E-state index in [4.69, 9.17) is 14.2 Å². The normalized spacial score (nSPS) is 26.7. The Morgan fingerprint density at radius 3 is 2.38 bits per heavy atom. The Labute approximate surface area is 171 Å². The largest absolute Gasteiger partial charge is 0.372 e. The standard InChI is InChI=1S/C21H30FN3O4/c1-14-12-25(13-15(2)29-14)19-4-3-17(11-18(19)22)23-21(26)24-7-5-16(6-8-24)20-27-9-10-28-20/h3-4,11,14-16,20H,5-10,12-13H2,1-2H3,(H,23,26)/t14-,15+. The number of hydrogen-bond donors (Lipinski definition) is 1. The van der Waals surface area contributed by atoms with Crippen molar-refractivity contribution in [3.05, 3.63) is 24.0 Å². The van der Waals surface area contributed by atoms with Crippen LogP contribution >= 0.6 is 0 Å². The Bertz CT molecular complexity index is 710. The second-order valence-corrected chi connectivity index (χ2v) is 8.19. The van der Waals surface area contributed by atoms with Crippen LogP contribution in [0.4, 0.5) is 20.6 Å². The number of morpholine rings is 1. The summed E-state index contributed by atoms with van der Waals surface area (Å²) in [4.78, 5) is 16.3. The van der Waals surface area contributed by atoms with Gasteiger partial charge < -0.3 is 29.3 Å². The average molecular weight is 407 g/mol. The van der Waals surface area contributed by atoms with Crippen LogP contribution in [0, 0.1) is 11.7 Å². The highest BCUT2D eigenvalue weighted by molar-refractivity contribution is 5.89. The Morgan fingerprint density at radius 2 is 1.76 bits per heavy atom. The molecule has 3 saturated heterocycles. The van der Waals surface area contributed by atoms with E-state index >= 15 is 0 Å². The van der Waals surface area contributed by atoms with Crippen molar-refractivity contribution in [2.45, 2.75) is 45.2 Å². The molecule has 3 aliphatic heterocycles. The topological polar surface area (TPSA) is 63.3 Å². The molecule has 0 unspecified atom stereocenters. The van der Waals surface area contributed by atoms with Crippen LogP contribution in [0.25, 0.3) is 0 Å². The average Bonchev–Trinajstić information content (AvgIpc) is 3.22. The number of benzene rings is 1. The van der Waals surface area contributed by atoms with Crippen LogP contribution in [0.3, 0.4) is 0 Å². The zero-order valence-corrected chi connectivity index (χ0v) is 17.1. The summed E-state index contributed by atoms with van der Waals surface area (Å²) in [5.41, 5.74) is 1.01. The molecule has 1 aromatic rings. The molecule has 1 N–H and O–H groups in total. The third kappa shape index (κ3) is 4.82. The first-order chi connectivity index (χ1) is 14.0. The van der Waals surface area contributed by atoms with E-state index in [1.807, 2.05) is 18.7 Å². The van der Waals surface area contributed by atoms with Gasteiger partial charge in [0.2, 0.25) is 0 Å². The summed E-state index contributed by atoms with van der Waals surface area (Å²) in [5, 5.41) is 2.83. The van der Waals surface area contributed by atoms with Crippen molar-refractivity contribution in [1.82, 2.24) is 4.90 Å². The molecule has 4 rings (SSSR count). The van der Waals surface area contributed by atoms with Crippen LogP contribution in [0.5, 0.6) is 0 Å². The van der Waals surface area contributed by atoms with Gasteiger partial charge in [-0.2, -0.15) is 0 Å². The fraction of sp³-hybridized carbons (Fsp3) is 0.667. The number of piperidine rings is 1. The fourth-order valence-corrected chi connectivity index (χ4v) is 4.44. The second kappa shape index (κ2) is 8.85. The maximum absolute atomic E-state index is 14.7. The Kier molecular flexibility index (Phi) is 6.22. The molecule has 2 atom stereocenters. The van der Waals surface area contributed by atoms with E-state index in [2.05, 4.69) is 5.32 Å². The Morgan fingerprint density at radius 1 is 1.10 bits per heavy atom. The maximum atomic E-state index is 14.7. The zero-order valence-electron chi connectivity index (χ0n) is 17.1. The van der Waals surface area contributed by atoms with Gasteiger partial charge in [-0.15, -0.1) is 0 Å². The van der Waals surface area contributed by atoms with Crippen molar-refractivity contribution in [2.75, 3.05) is 49.6 Å². The van der Waals surface area contributed by atoms with Gasteiger partial charge in [-0.3, -0.25) is 0 Å². The predicted octanol–water partition coefficient (Wildman–Crippen LogP) is 3.06. The quantitative estimate of drug-likeness (QED) is 0.835. The molecule has 0 radical (unpaired) electrons. The van der Waals surface area contributed by atoms with E-state index < -0.39 is 0 Å². The van der Waals surface area contributed by atoms with Crippen LogP contribution in [0.2, 0.25) is 0 Å². The van der Waals surface area contributed by atoms with Crippen LogP contribution in [0.1, 0.15) is 26.7 Å². The lowest BCUT2D eigenvalue weighted by Gasteiger charge is -2.37. The lowest BCUT2D eigenvalue weighted by atomic mass is 9.96. The van der Waals surface area contributed by atoms with Crippen molar-refractivity contribution in [3.63, 3.8) is 0 Å². The van der Waals surface area contributed by atoms with Gasteiger partial charge >= 0.3 is 6.03 Å². The molecule has 0 saturated carbocycles. The van der Waals surface area contributed by atoms with E-state index in [0.29, 0.717) is 56.7 Å². The molecular formula is C21H30FN3O4. The van der Waals surface area contributed by atoms with Crippen LogP contribution in [0.15, 0.2) is 18.2 Å². The minimum absolute atomic E-state index is 0.0560. The van der Waals surface area contributed by atoms with Gasteiger partial charge in [-0.25, -0.2) is 9.18 Å². The Balaban J connectivity index is 1.32. The number of rotatable bonds is 3. The summed E-state index contributed by atoms with van der Waals surface area (Å²) in [6, 6.07) is 4.69. The third-order valence-electron chi connectivity index (χ3n) is 5.82. The predicted molar refractivity (Wildman–Crippen MR) is 108 cm³/mol. The monoisotopic (exact) mass is 407 g/mol. The van der Waals surface area contributed by atoms with E-state index in [1.54, 1.807) is 17.0 Å². The molecule has 160 valence electrons. The summed E-state index contributed by atoms with van der Waals surface area (Å²) in [7, 11) is 0. The number of carbonyl (C=O) groups is 1. The lowest BCUT2D eigenvalue weighted by molar-refractivity contribution is -0.0950. The number of amides is 2. The number of urea groups is 1. The highest BCUT2D eigenvalue weighted by Crippen LogP contribution is 2.28. The van der Waals surface area contributed by atoms with Crippen molar-refractivity contribution in [3.8, 4) is 0 Å². The molecule has 29 heavy (non-hydrogen) atoms. The zero-order chi connectivity index (χ0) is 20.4. The molecule has 0 aliphatic carbocycles. The van der Waals surface area contributed by atoms with Gasteiger partial charge in [0.05, 0.1) is 31.1 Å². The fourth-order valence-electron chi connectivity index (χ4n) is 4.44. The highest BCUT2D eigenvalue weighted by atomic mass is 19.1. The summed E-state index contributed by atoms with van der Waals surface area (Å²) < 4.78 is 31.6. The van der Waals surface area contributed by atoms with E-state index in [0.717, 1.165) is 12.8 Å². The van der Waals surface area contributed by atoms with Crippen molar-refractivity contribution in [1.29, 1.82) is 0 Å². The van der Waals surface area contributed by atoms with Gasteiger partial charge in [0.15, 0.2) is 6.29 Å². The first kappa shape index (κ1) is 20.4. The molecule has 3 heterocycles. The van der Waals surface area contributed by atoms with Crippen LogP contribution in [-0.2, 0) is 14.2 Å². The molecule has 2 amide bonds. The van der Waals surface area contributed by atoms with Crippen molar-refractivity contribution in [2.24, 2.45) is 5.92 Å². The molecule has 1 aromatic carbocycles. The molecule has 0 aromatic heterocycles. The van der Waals surface area contributed by atoms with Gasteiger partial charge in [0.1, 0.15) is 5.82 Å². The summed E-state index contributed by atoms with van der Waals surface area (Å²) in [6.45, 7) is 7.86. The van der Waals surface area contributed by atoms with Gasteiger partial charge in [-0.05, 0) is 44.9 Å². The van der Waals surface area contributed by atoms with E-state index in [1.165, 1.54) is 6.07 Å². The van der Waals surface area contributed by atoms with E-state index in [-0.39, 0.29) is 30.3 Å². The second-order valence-electron chi connectivity index (χ2n) is 8.19. The number of likely N-dealkylation sites (tertiary alicyclic amines) is 1. The van der Waals surface area contributed by atoms with Crippen LogP contribution < -0.4 is 10.2 Å². The number of anilines is 2.